The van der Waals surface area contributed by atoms with Gasteiger partial charge >= 0.3 is 0 Å². The number of nitrogens with zero attached hydrogens (tertiary/aromatic N) is 4. The van der Waals surface area contributed by atoms with Gasteiger partial charge in [0.1, 0.15) is 6.42 Å². The minimum atomic E-state index is 0.290. The van der Waals surface area contributed by atoms with Crippen molar-refractivity contribution < 1.29 is 8.94 Å². The van der Waals surface area contributed by atoms with Crippen LogP contribution in [0.25, 0.3) is 22.8 Å². The zero-order chi connectivity index (χ0) is 18.1. The molecule has 0 saturated carbocycles. The number of hydrogen-bond donors (Lipinski definition) is 0. The van der Waals surface area contributed by atoms with Crippen LogP contribution in [0.15, 0.2) is 55.9 Å². The van der Waals surface area contributed by atoms with Crippen LogP contribution in [0.2, 0.25) is 0 Å². The first-order chi connectivity index (χ1) is 12.6. The van der Waals surface area contributed by atoms with Crippen LogP contribution in [0.5, 0.6) is 0 Å². The van der Waals surface area contributed by atoms with Crippen molar-refractivity contribution in [2.24, 2.45) is 0 Å². The van der Waals surface area contributed by atoms with E-state index in [1.165, 1.54) is 0 Å². The molecule has 7 heteroatoms. The van der Waals surface area contributed by atoms with Gasteiger partial charge in [-0.05, 0) is 38.1 Å². The molecular formula is C19H15BrN4O2. The van der Waals surface area contributed by atoms with Crippen LogP contribution in [-0.4, -0.2) is 20.3 Å². The van der Waals surface area contributed by atoms with Crippen LogP contribution in [0.4, 0.5) is 0 Å². The maximum absolute atomic E-state index is 5.76. The first-order valence-corrected chi connectivity index (χ1v) is 8.86. The molecule has 0 amide bonds. The molecule has 0 aliphatic heterocycles. The van der Waals surface area contributed by atoms with Crippen molar-refractivity contribution in [1.82, 2.24) is 20.3 Å². The van der Waals surface area contributed by atoms with Gasteiger partial charge in [0.2, 0.25) is 23.5 Å². The van der Waals surface area contributed by atoms with Gasteiger partial charge in [-0.1, -0.05) is 50.4 Å². The molecule has 2 aromatic carbocycles. The lowest BCUT2D eigenvalue weighted by molar-refractivity contribution is 0.374. The van der Waals surface area contributed by atoms with Gasteiger partial charge in [-0.25, -0.2) is 0 Å². The second kappa shape index (κ2) is 6.84. The molecule has 4 aromatic rings. The van der Waals surface area contributed by atoms with Crippen LogP contribution >= 0.6 is 15.9 Å². The van der Waals surface area contributed by atoms with Crippen molar-refractivity contribution in [2.45, 2.75) is 20.3 Å². The summed E-state index contributed by atoms with van der Waals surface area (Å²) in [6.07, 6.45) is 0.290. The Kier molecular flexibility index (Phi) is 4.38. The highest BCUT2D eigenvalue weighted by atomic mass is 79.9. The van der Waals surface area contributed by atoms with Crippen molar-refractivity contribution >= 4 is 15.9 Å². The summed E-state index contributed by atoms with van der Waals surface area (Å²) in [7, 11) is 0. The SMILES string of the molecule is Cc1cc(C)cc(-c2nnc(Cc3nc(-c4cccc(Br)c4)no3)o2)c1. The van der Waals surface area contributed by atoms with Gasteiger partial charge in [0.15, 0.2) is 0 Å². The lowest BCUT2D eigenvalue weighted by atomic mass is 10.1. The van der Waals surface area contributed by atoms with E-state index in [0.29, 0.717) is 29.9 Å². The van der Waals surface area contributed by atoms with Gasteiger partial charge in [0.05, 0.1) is 0 Å². The monoisotopic (exact) mass is 410 g/mol. The molecule has 0 aliphatic carbocycles. The third-order valence-corrected chi connectivity index (χ3v) is 4.28. The summed E-state index contributed by atoms with van der Waals surface area (Å²) in [5.41, 5.74) is 4.07. The molecule has 0 unspecified atom stereocenters. The Morgan fingerprint density at radius 1 is 0.923 bits per heavy atom. The largest absolute Gasteiger partial charge is 0.420 e. The molecule has 0 bridgehead atoms. The molecule has 4 rings (SSSR count). The average Bonchev–Trinajstić information content (AvgIpc) is 3.24. The molecule has 26 heavy (non-hydrogen) atoms. The zero-order valence-corrected chi connectivity index (χ0v) is 15.8. The second-order valence-electron chi connectivity index (χ2n) is 6.08. The van der Waals surface area contributed by atoms with E-state index in [1.54, 1.807) is 0 Å². The molecule has 2 aromatic heterocycles. The maximum Gasteiger partial charge on any atom is 0.247 e. The van der Waals surface area contributed by atoms with Crippen LogP contribution in [0, 0.1) is 13.8 Å². The van der Waals surface area contributed by atoms with E-state index in [9.17, 15) is 0 Å². The summed E-state index contributed by atoms with van der Waals surface area (Å²) in [6.45, 7) is 4.07. The normalized spacial score (nSPS) is 11.0. The predicted octanol–water partition coefficient (Wildman–Crippen LogP) is 4.76. The molecule has 0 N–H and O–H groups in total. The van der Waals surface area contributed by atoms with E-state index in [-0.39, 0.29) is 0 Å². The number of aromatic nitrogens is 4. The lowest BCUT2D eigenvalue weighted by Gasteiger charge is -1.99. The van der Waals surface area contributed by atoms with E-state index in [0.717, 1.165) is 26.7 Å². The molecule has 0 spiro atoms. The van der Waals surface area contributed by atoms with Gasteiger partial charge in [-0.15, -0.1) is 10.2 Å². The van der Waals surface area contributed by atoms with Gasteiger partial charge in [-0.2, -0.15) is 4.98 Å². The fourth-order valence-electron chi connectivity index (χ4n) is 2.74. The fraction of sp³-hybridized carbons (Fsp3) is 0.158. The number of benzene rings is 2. The van der Waals surface area contributed by atoms with Gasteiger partial charge < -0.3 is 8.94 Å². The summed E-state index contributed by atoms with van der Waals surface area (Å²) in [5.74, 6) is 1.87. The lowest BCUT2D eigenvalue weighted by Crippen LogP contribution is -1.89. The third kappa shape index (κ3) is 3.57. The van der Waals surface area contributed by atoms with E-state index in [2.05, 4.69) is 42.3 Å². The standard InChI is InChI=1S/C19H15BrN4O2/c1-11-6-12(2)8-14(7-11)19-23-22-17(25-19)10-16-21-18(24-26-16)13-4-3-5-15(20)9-13/h3-9H,10H2,1-2H3. The maximum atomic E-state index is 5.76. The highest BCUT2D eigenvalue weighted by molar-refractivity contribution is 9.10. The summed E-state index contributed by atoms with van der Waals surface area (Å²) in [5, 5.41) is 12.2. The van der Waals surface area contributed by atoms with E-state index in [4.69, 9.17) is 8.94 Å². The molecule has 0 radical (unpaired) electrons. The van der Waals surface area contributed by atoms with Crippen molar-refractivity contribution in [2.75, 3.05) is 0 Å². The Morgan fingerprint density at radius 3 is 2.50 bits per heavy atom. The Morgan fingerprint density at radius 2 is 1.73 bits per heavy atom. The van der Waals surface area contributed by atoms with Gasteiger partial charge in [-0.3, -0.25) is 0 Å². The smallest absolute Gasteiger partial charge is 0.247 e. The van der Waals surface area contributed by atoms with E-state index >= 15 is 0 Å². The Balaban J connectivity index is 1.55. The van der Waals surface area contributed by atoms with Crippen molar-refractivity contribution in [3.63, 3.8) is 0 Å². The van der Waals surface area contributed by atoms with E-state index < -0.39 is 0 Å². The van der Waals surface area contributed by atoms with Gasteiger partial charge in [0, 0.05) is 15.6 Å². The van der Waals surface area contributed by atoms with Gasteiger partial charge in [0.25, 0.3) is 0 Å². The van der Waals surface area contributed by atoms with Crippen LogP contribution in [0.1, 0.15) is 22.9 Å². The van der Waals surface area contributed by atoms with Crippen molar-refractivity contribution in [3.8, 4) is 22.8 Å². The minimum absolute atomic E-state index is 0.290. The molecule has 0 aliphatic rings. The number of rotatable bonds is 4. The number of hydrogen-bond acceptors (Lipinski definition) is 6. The van der Waals surface area contributed by atoms with Crippen LogP contribution in [0.3, 0.4) is 0 Å². The molecule has 0 fully saturated rings. The fourth-order valence-corrected chi connectivity index (χ4v) is 3.14. The van der Waals surface area contributed by atoms with E-state index in [1.807, 2.05) is 50.2 Å². The number of halogens is 1. The van der Waals surface area contributed by atoms with Crippen LogP contribution < -0.4 is 0 Å². The molecule has 130 valence electrons. The second-order valence-corrected chi connectivity index (χ2v) is 6.99. The molecule has 0 atom stereocenters. The van der Waals surface area contributed by atoms with Crippen molar-refractivity contribution in [1.29, 1.82) is 0 Å². The quantitative estimate of drug-likeness (QED) is 0.482. The first kappa shape index (κ1) is 16.7. The molecule has 0 saturated heterocycles. The number of aryl methyl sites for hydroxylation is 2. The topological polar surface area (TPSA) is 77.8 Å². The minimum Gasteiger partial charge on any atom is -0.420 e. The summed E-state index contributed by atoms with van der Waals surface area (Å²) < 4.78 is 12.0. The Bertz CT molecular complexity index is 1050. The molecule has 6 nitrogen and oxygen atoms in total. The zero-order valence-electron chi connectivity index (χ0n) is 14.2. The Labute approximate surface area is 158 Å². The summed E-state index contributed by atoms with van der Waals surface area (Å²) in [4.78, 5) is 4.40. The first-order valence-electron chi connectivity index (χ1n) is 8.06. The molecule has 2 heterocycles. The summed E-state index contributed by atoms with van der Waals surface area (Å²) >= 11 is 3.44. The predicted molar refractivity (Wildman–Crippen MR) is 99.4 cm³/mol. The van der Waals surface area contributed by atoms with Crippen molar-refractivity contribution in [3.05, 3.63) is 69.8 Å². The third-order valence-electron chi connectivity index (χ3n) is 3.79. The van der Waals surface area contributed by atoms with Crippen LogP contribution in [-0.2, 0) is 6.42 Å². The highest BCUT2D eigenvalue weighted by Gasteiger charge is 2.15. The highest BCUT2D eigenvalue weighted by Crippen LogP contribution is 2.23. The molecular weight excluding hydrogens is 396 g/mol. The Hall–Kier alpha value is -2.80. The summed E-state index contributed by atoms with van der Waals surface area (Å²) in [6, 6.07) is 13.8. The average molecular weight is 411 g/mol.